The molecule has 1 atom stereocenters. The molecule has 0 saturated carbocycles. The minimum atomic E-state index is -0.721. The van der Waals surface area contributed by atoms with Crippen molar-refractivity contribution in [2.45, 2.75) is 70.8 Å². The van der Waals surface area contributed by atoms with Crippen LogP contribution in [0.25, 0.3) is 0 Å². The van der Waals surface area contributed by atoms with Crippen LogP contribution in [0.15, 0.2) is 24.3 Å². The number of carbonyl (C=O) groups is 1. The van der Waals surface area contributed by atoms with Gasteiger partial charge in [-0.3, -0.25) is 4.79 Å². The molecule has 0 spiro atoms. The lowest BCUT2D eigenvalue weighted by atomic mass is 10.1. The van der Waals surface area contributed by atoms with Crippen molar-refractivity contribution < 1.29 is 15.0 Å². The van der Waals surface area contributed by atoms with E-state index in [1.165, 1.54) is 0 Å². The molecule has 118 valence electrons. The van der Waals surface area contributed by atoms with Gasteiger partial charge in [0.2, 0.25) is 0 Å². The Balaban J connectivity index is 3.53. The molecule has 1 unspecified atom stereocenters. The number of rotatable bonds is 11. The van der Waals surface area contributed by atoms with Crippen molar-refractivity contribution in [3.05, 3.63) is 24.3 Å². The molecule has 21 heavy (non-hydrogen) atoms. The molecule has 2 N–H and O–H groups in total. The molecular weight excluding hydrogens is 264 g/mol. The summed E-state index contributed by atoms with van der Waals surface area (Å²) in [7, 11) is 0. The number of hydrogen-bond acceptors (Lipinski definition) is 2. The summed E-state index contributed by atoms with van der Waals surface area (Å²) in [5.41, 5.74) is 0. The summed E-state index contributed by atoms with van der Waals surface area (Å²) in [6.45, 7) is 2.13. The number of aliphatic hydroxyl groups excluding tert-OH is 1. The molecule has 0 amide bonds. The second-order valence-corrected chi connectivity index (χ2v) is 5.11. The predicted octanol–water partition coefficient (Wildman–Crippen LogP) is 4.08. The highest BCUT2D eigenvalue weighted by Crippen LogP contribution is 2.09. The molecule has 0 aromatic heterocycles. The Labute approximate surface area is 128 Å². The zero-order chi connectivity index (χ0) is 15.8. The van der Waals surface area contributed by atoms with Crippen LogP contribution in [0.2, 0.25) is 0 Å². The lowest BCUT2D eigenvalue weighted by molar-refractivity contribution is -0.137. The van der Waals surface area contributed by atoms with Crippen LogP contribution >= 0.6 is 0 Å². The molecule has 3 nitrogen and oxygen atoms in total. The molecule has 0 rings (SSSR count). The van der Waals surface area contributed by atoms with E-state index < -0.39 is 12.1 Å². The van der Waals surface area contributed by atoms with Gasteiger partial charge in [-0.05, 0) is 37.5 Å². The smallest absolute Gasteiger partial charge is 0.303 e. The standard InChI is InChI=1S/C18H28O3/c1-2-3-4-5-6-8-11-14-17(19)15-12-9-7-10-13-16-18(20)21/h4-5,11,14,17,19H,2-3,7,9-10,12-13,15-16H2,1H3,(H,20,21)/b5-4-,14-11+. The van der Waals surface area contributed by atoms with E-state index in [1.54, 1.807) is 12.2 Å². The van der Waals surface area contributed by atoms with E-state index in [1.807, 2.05) is 12.2 Å². The van der Waals surface area contributed by atoms with E-state index in [0.717, 1.165) is 51.4 Å². The third-order valence-electron chi connectivity index (χ3n) is 3.03. The Morgan fingerprint density at radius 2 is 1.76 bits per heavy atom. The van der Waals surface area contributed by atoms with Crippen molar-refractivity contribution in [2.75, 3.05) is 0 Å². The summed E-state index contributed by atoms with van der Waals surface area (Å²) in [5.74, 6) is 5.05. The highest BCUT2D eigenvalue weighted by atomic mass is 16.4. The van der Waals surface area contributed by atoms with Gasteiger partial charge >= 0.3 is 5.97 Å². The lowest BCUT2D eigenvalue weighted by Gasteiger charge is -2.04. The molecule has 0 aliphatic heterocycles. The molecule has 0 aliphatic carbocycles. The van der Waals surface area contributed by atoms with Crippen molar-refractivity contribution >= 4 is 5.97 Å². The molecule has 0 aromatic carbocycles. The Morgan fingerprint density at radius 3 is 2.48 bits per heavy atom. The highest BCUT2D eigenvalue weighted by molar-refractivity contribution is 5.66. The molecule has 0 heterocycles. The van der Waals surface area contributed by atoms with Gasteiger partial charge in [-0.2, -0.15) is 0 Å². The van der Waals surface area contributed by atoms with E-state index in [9.17, 15) is 9.90 Å². The van der Waals surface area contributed by atoms with Crippen LogP contribution in [-0.4, -0.2) is 22.3 Å². The van der Waals surface area contributed by atoms with Gasteiger partial charge < -0.3 is 10.2 Å². The van der Waals surface area contributed by atoms with E-state index in [0.29, 0.717) is 0 Å². The minimum Gasteiger partial charge on any atom is -0.481 e. The van der Waals surface area contributed by atoms with E-state index in [4.69, 9.17) is 5.11 Å². The summed E-state index contributed by atoms with van der Waals surface area (Å²) in [6, 6.07) is 0. The van der Waals surface area contributed by atoms with Gasteiger partial charge in [0.05, 0.1) is 6.10 Å². The Hall–Kier alpha value is -1.53. The van der Waals surface area contributed by atoms with Crippen molar-refractivity contribution in [2.24, 2.45) is 0 Å². The molecule has 0 radical (unpaired) electrons. The zero-order valence-electron chi connectivity index (χ0n) is 13.1. The fraction of sp³-hybridized carbons (Fsp3) is 0.611. The summed E-state index contributed by atoms with van der Waals surface area (Å²) >= 11 is 0. The van der Waals surface area contributed by atoms with Gasteiger partial charge in [0.1, 0.15) is 0 Å². The van der Waals surface area contributed by atoms with Crippen molar-refractivity contribution in [1.29, 1.82) is 0 Å². The maximum Gasteiger partial charge on any atom is 0.303 e. The Kier molecular flexibility index (Phi) is 13.8. The monoisotopic (exact) mass is 292 g/mol. The fourth-order valence-electron chi connectivity index (χ4n) is 1.82. The highest BCUT2D eigenvalue weighted by Gasteiger charge is 1.99. The normalized spacial score (nSPS) is 12.5. The van der Waals surface area contributed by atoms with Crippen LogP contribution in [0.3, 0.4) is 0 Å². The molecule has 0 fully saturated rings. The summed E-state index contributed by atoms with van der Waals surface area (Å²) in [6.07, 6.45) is 14.8. The zero-order valence-corrected chi connectivity index (χ0v) is 13.1. The van der Waals surface area contributed by atoms with Crippen LogP contribution in [0.1, 0.15) is 64.7 Å². The first-order chi connectivity index (χ1) is 10.2. The van der Waals surface area contributed by atoms with Crippen molar-refractivity contribution in [1.82, 2.24) is 0 Å². The second kappa shape index (κ2) is 14.9. The third kappa shape index (κ3) is 16.4. The SMILES string of the molecule is CCC/C=C\C#C/C=C/C(O)CCCCCCCC(=O)O. The maximum atomic E-state index is 10.3. The van der Waals surface area contributed by atoms with Gasteiger partial charge in [0, 0.05) is 6.42 Å². The molecule has 3 heteroatoms. The van der Waals surface area contributed by atoms with Gasteiger partial charge in [-0.1, -0.05) is 56.9 Å². The average molecular weight is 292 g/mol. The summed E-state index contributed by atoms with van der Waals surface area (Å²) < 4.78 is 0. The first kappa shape index (κ1) is 19.5. The van der Waals surface area contributed by atoms with Gasteiger partial charge in [0.25, 0.3) is 0 Å². The molecule has 0 aromatic rings. The van der Waals surface area contributed by atoms with E-state index >= 15 is 0 Å². The quantitative estimate of drug-likeness (QED) is 0.445. The number of hydrogen-bond donors (Lipinski definition) is 2. The summed E-state index contributed by atoms with van der Waals surface area (Å²) in [4.78, 5) is 10.3. The van der Waals surface area contributed by atoms with Crippen molar-refractivity contribution in [3.8, 4) is 11.8 Å². The first-order valence-corrected chi connectivity index (χ1v) is 7.89. The number of aliphatic hydroxyl groups is 1. The molecule has 0 saturated heterocycles. The largest absolute Gasteiger partial charge is 0.481 e. The van der Waals surface area contributed by atoms with Gasteiger partial charge in [-0.15, -0.1) is 0 Å². The number of carboxylic acid groups (broad SMARTS) is 1. The summed E-state index contributed by atoms with van der Waals surface area (Å²) in [5, 5.41) is 18.2. The predicted molar refractivity (Wildman–Crippen MR) is 86.9 cm³/mol. The van der Waals surface area contributed by atoms with Crippen molar-refractivity contribution in [3.63, 3.8) is 0 Å². The minimum absolute atomic E-state index is 0.261. The molecular formula is C18H28O3. The third-order valence-corrected chi connectivity index (χ3v) is 3.03. The van der Waals surface area contributed by atoms with Crippen LogP contribution in [0.4, 0.5) is 0 Å². The van der Waals surface area contributed by atoms with Crippen LogP contribution < -0.4 is 0 Å². The fourth-order valence-corrected chi connectivity index (χ4v) is 1.82. The number of aliphatic carboxylic acids is 1. The Bertz CT molecular complexity index is 372. The number of carboxylic acids is 1. The van der Waals surface area contributed by atoms with Gasteiger partial charge in [-0.25, -0.2) is 0 Å². The van der Waals surface area contributed by atoms with Gasteiger partial charge in [0.15, 0.2) is 0 Å². The second-order valence-electron chi connectivity index (χ2n) is 5.11. The average Bonchev–Trinajstić information content (AvgIpc) is 2.45. The first-order valence-electron chi connectivity index (χ1n) is 7.89. The Morgan fingerprint density at radius 1 is 1.10 bits per heavy atom. The number of unbranched alkanes of at least 4 members (excludes halogenated alkanes) is 5. The molecule has 0 bridgehead atoms. The van der Waals surface area contributed by atoms with E-state index in [-0.39, 0.29) is 6.42 Å². The van der Waals surface area contributed by atoms with Crippen LogP contribution in [0.5, 0.6) is 0 Å². The molecule has 0 aliphatic rings. The number of allylic oxidation sites excluding steroid dienone is 3. The topological polar surface area (TPSA) is 57.5 Å². The van der Waals surface area contributed by atoms with E-state index in [2.05, 4.69) is 18.8 Å². The van der Waals surface area contributed by atoms with Crippen LogP contribution in [-0.2, 0) is 4.79 Å². The van der Waals surface area contributed by atoms with Crippen LogP contribution in [0, 0.1) is 11.8 Å². The maximum absolute atomic E-state index is 10.3. The lowest BCUT2D eigenvalue weighted by Crippen LogP contribution is -2.01.